The molecule has 118 valence electrons. The third-order valence-corrected chi connectivity index (χ3v) is 4.02. The summed E-state index contributed by atoms with van der Waals surface area (Å²) < 4.78 is 33.9. The molecule has 1 heterocycles. The van der Waals surface area contributed by atoms with E-state index in [1.807, 2.05) is 11.8 Å². The Labute approximate surface area is 126 Å². The Morgan fingerprint density at radius 3 is 2.71 bits per heavy atom. The molecular weight excluding hydrogens is 272 g/mol. The average Bonchev–Trinajstić information content (AvgIpc) is 2.48. The van der Waals surface area contributed by atoms with Gasteiger partial charge in [-0.15, -0.1) is 0 Å². The second-order valence-electron chi connectivity index (χ2n) is 5.81. The van der Waals surface area contributed by atoms with Gasteiger partial charge in [-0.2, -0.15) is 0 Å². The first-order chi connectivity index (χ1) is 10.1. The molecular formula is C17H25F2NO. The number of unbranched alkanes of at least 4 members (excludes halogenated alkanes) is 3. The molecule has 2 rings (SSSR count). The van der Waals surface area contributed by atoms with Crippen LogP contribution >= 0.6 is 0 Å². The van der Waals surface area contributed by atoms with Gasteiger partial charge in [0.1, 0.15) is 0 Å². The van der Waals surface area contributed by atoms with Crippen LogP contribution in [0, 0.1) is 11.6 Å². The van der Waals surface area contributed by atoms with Crippen molar-refractivity contribution in [1.82, 2.24) is 0 Å². The van der Waals surface area contributed by atoms with Crippen LogP contribution in [0.3, 0.4) is 0 Å². The molecule has 0 amide bonds. The van der Waals surface area contributed by atoms with Crippen molar-refractivity contribution in [2.45, 2.75) is 52.1 Å². The highest BCUT2D eigenvalue weighted by atomic mass is 19.2. The molecule has 1 aromatic rings. The van der Waals surface area contributed by atoms with Gasteiger partial charge < -0.3 is 9.64 Å². The maximum Gasteiger partial charge on any atom is 0.182 e. The van der Waals surface area contributed by atoms with E-state index in [9.17, 15) is 8.78 Å². The van der Waals surface area contributed by atoms with Crippen LogP contribution in [0.1, 0.15) is 45.1 Å². The lowest BCUT2D eigenvalue weighted by atomic mass is 10.0. The first-order valence-electron chi connectivity index (χ1n) is 7.97. The summed E-state index contributed by atoms with van der Waals surface area (Å²) in [6.07, 6.45) is 4.94. The number of rotatable bonds is 6. The number of halogens is 2. The van der Waals surface area contributed by atoms with Gasteiger partial charge in [0.05, 0.1) is 18.4 Å². The zero-order chi connectivity index (χ0) is 15.2. The fourth-order valence-electron chi connectivity index (χ4n) is 2.80. The summed E-state index contributed by atoms with van der Waals surface area (Å²) in [4.78, 5) is 1.87. The first kappa shape index (κ1) is 16.2. The Morgan fingerprint density at radius 2 is 2.00 bits per heavy atom. The fraction of sp³-hybridized carbons (Fsp3) is 0.647. The number of nitrogens with zero attached hydrogens (tertiary/aromatic N) is 1. The minimum atomic E-state index is -0.711. The SMILES string of the molecule is CCCCCCc1ccc(N2CCO[C@H](C)C2)c(F)c1F. The topological polar surface area (TPSA) is 12.5 Å². The third-order valence-electron chi connectivity index (χ3n) is 4.02. The van der Waals surface area contributed by atoms with Gasteiger partial charge in [-0.1, -0.05) is 32.3 Å². The van der Waals surface area contributed by atoms with Crippen molar-refractivity contribution in [3.05, 3.63) is 29.3 Å². The second kappa shape index (κ2) is 7.74. The second-order valence-corrected chi connectivity index (χ2v) is 5.81. The van der Waals surface area contributed by atoms with Gasteiger partial charge in [-0.05, 0) is 31.4 Å². The highest BCUT2D eigenvalue weighted by Crippen LogP contribution is 2.26. The Balaban J connectivity index is 2.06. The minimum Gasteiger partial charge on any atom is -0.375 e. The maximum atomic E-state index is 14.3. The van der Waals surface area contributed by atoms with Crippen LogP contribution < -0.4 is 4.90 Å². The van der Waals surface area contributed by atoms with Crippen molar-refractivity contribution >= 4 is 5.69 Å². The third kappa shape index (κ3) is 4.16. The van der Waals surface area contributed by atoms with Crippen molar-refractivity contribution in [1.29, 1.82) is 0 Å². The molecule has 1 aliphatic rings. The number of morpholine rings is 1. The molecule has 0 radical (unpaired) electrons. The molecule has 1 aliphatic heterocycles. The first-order valence-corrected chi connectivity index (χ1v) is 7.97. The molecule has 2 nitrogen and oxygen atoms in total. The molecule has 1 saturated heterocycles. The van der Waals surface area contributed by atoms with E-state index < -0.39 is 11.6 Å². The Bertz CT molecular complexity index is 464. The van der Waals surface area contributed by atoms with E-state index in [0.717, 1.165) is 25.7 Å². The standard InChI is InChI=1S/C17H25F2NO/c1-3-4-5-6-7-14-8-9-15(17(19)16(14)18)20-10-11-21-13(2)12-20/h8-9,13H,3-7,10-12H2,1-2H3/t13-/m1/s1. The number of hydrogen-bond donors (Lipinski definition) is 0. The Hall–Kier alpha value is -1.16. The van der Waals surface area contributed by atoms with Crippen molar-refractivity contribution in [2.75, 3.05) is 24.6 Å². The predicted molar refractivity (Wildman–Crippen MR) is 81.8 cm³/mol. The summed E-state index contributed by atoms with van der Waals surface area (Å²) in [6, 6.07) is 3.45. The molecule has 21 heavy (non-hydrogen) atoms. The van der Waals surface area contributed by atoms with Crippen LogP contribution in [0.25, 0.3) is 0 Å². The van der Waals surface area contributed by atoms with Gasteiger partial charge in [0, 0.05) is 13.1 Å². The lowest BCUT2D eigenvalue weighted by molar-refractivity contribution is 0.0529. The van der Waals surface area contributed by atoms with Gasteiger partial charge in [0.15, 0.2) is 11.6 Å². The van der Waals surface area contributed by atoms with Crippen LogP contribution in [-0.4, -0.2) is 25.8 Å². The molecule has 0 saturated carbocycles. The average molecular weight is 297 g/mol. The van der Waals surface area contributed by atoms with E-state index in [1.165, 1.54) is 0 Å². The smallest absolute Gasteiger partial charge is 0.182 e. The summed E-state index contributed by atoms with van der Waals surface area (Å²) in [7, 11) is 0. The number of hydrogen-bond acceptors (Lipinski definition) is 2. The zero-order valence-corrected chi connectivity index (χ0v) is 13.0. The van der Waals surface area contributed by atoms with Crippen molar-refractivity contribution in [3.63, 3.8) is 0 Å². The van der Waals surface area contributed by atoms with Crippen LogP contribution in [0.2, 0.25) is 0 Å². The van der Waals surface area contributed by atoms with Crippen LogP contribution in [-0.2, 0) is 11.2 Å². The van der Waals surface area contributed by atoms with Crippen LogP contribution in [0.15, 0.2) is 12.1 Å². The highest BCUT2D eigenvalue weighted by Gasteiger charge is 2.22. The lowest BCUT2D eigenvalue weighted by Gasteiger charge is -2.33. The normalized spacial score (nSPS) is 19.0. The van der Waals surface area contributed by atoms with Gasteiger partial charge in [0.25, 0.3) is 0 Å². The molecule has 0 bridgehead atoms. The molecule has 0 aliphatic carbocycles. The number of anilines is 1. The number of ether oxygens (including phenoxy) is 1. The van der Waals surface area contributed by atoms with E-state index in [0.29, 0.717) is 37.4 Å². The quantitative estimate of drug-likeness (QED) is 0.725. The van der Waals surface area contributed by atoms with Gasteiger partial charge in [0.2, 0.25) is 0 Å². The molecule has 1 aromatic carbocycles. The van der Waals surface area contributed by atoms with Gasteiger partial charge >= 0.3 is 0 Å². The molecule has 0 unspecified atom stereocenters. The summed E-state index contributed by atoms with van der Waals surface area (Å²) in [5.74, 6) is -1.39. The summed E-state index contributed by atoms with van der Waals surface area (Å²) >= 11 is 0. The van der Waals surface area contributed by atoms with Crippen LogP contribution in [0.5, 0.6) is 0 Å². The van der Waals surface area contributed by atoms with Crippen molar-refractivity contribution in [3.8, 4) is 0 Å². The molecule has 1 atom stereocenters. The largest absolute Gasteiger partial charge is 0.375 e. The number of benzene rings is 1. The number of aryl methyl sites for hydroxylation is 1. The van der Waals surface area contributed by atoms with E-state index in [-0.39, 0.29) is 6.10 Å². The van der Waals surface area contributed by atoms with E-state index in [1.54, 1.807) is 12.1 Å². The molecule has 0 aromatic heterocycles. The van der Waals surface area contributed by atoms with Gasteiger partial charge in [-0.25, -0.2) is 8.78 Å². The minimum absolute atomic E-state index is 0.0509. The molecule has 1 fully saturated rings. The zero-order valence-electron chi connectivity index (χ0n) is 13.0. The van der Waals surface area contributed by atoms with Crippen molar-refractivity contribution < 1.29 is 13.5 Å². The summed E-state index contributed by atoms with van der Waals surface area (Å²) in [5.41, 5.74) is 0.855. The monoisotopic (exact) mass is 297 g/mol. The highest BCUT2D eigenvalue weighted by molar-refractivity contribution is 5.50. The van der Waals surface area contributed by atoms with Crippen LogP contribution in [0.4, 0.5) is 14.5 Å². The van der Waals surface area contributed by atoms with Gasteiger partial charge in [-0.3, -0.25) is 0 Å². The maximum absolute atomic E-state index is 14.3. The van der Waals surface area contributed by atoms with Crippen molar-refractivity contribution in [2.24, 2.45) is 0 Å². The Kier molecular flexibility index (Phi) is 5.97. The lowest BCUT2D eigenvalue weighted by Crippen LogP contribution is -2.41. The summed E-state index contributed by atoms with van der Waals surface area (Å²) in [6.45, 7) is 5.85. The summed E-state index contributed by atoms with van der Waals surface area (Å²) in [5, 5.41) is 0. The van der Waals surface area contributed by atoms with E-state index in [4.69, 9.17) is 4.74 Å². The molecule has 4 heteroatoms. The fourth-order valence-corrected chi connectivity index (χ4v) is 2.80. The molecule has 0 N–H and O–H groups in total. The Morgan fingerprint density at radius 1 is 1.19 bits per heavy atom. The predicted octanol–water partition coefficient (Wildman–Crippen LogP) is 4.31. The van der Waals surface area contributed by atoms with E-state index in [2.05, 4.69) is 6.92 Å². The molecule has 0 spiro atoms. The van der Waals surface area contributed by atoms with E-state index >= 15 is 0 Å².